The van der Waals surface area contributed by atoms with Crippen LogP contribution in [-0.4, -0.2) is 5.91 Å². The van der Waals surface area contributed by atoms with E-state index in [1.54, 1.807) is 0 Å². The lowest BCUT2D eigenvalue weighted by Crippen LogP contribution is -2.14. The summed E-state index contributed by atoms with van der Waals surface area (Å²) in [6, 6.07) is 0. The minimum atomic E-state index is -0.160. The third kappa shape index (κ3) is 14.4. The van der Waals surface area contributed by atoms with Gasteiger partial charge in [0.05, 0.1) is 0 Å². The van der Waals surface area contributed by atoms with Gasteiger partial charge < -0.3 is 5.73 Å². The number of primary amides is 1. The van der Waals surface area contributed by atoms with E-state index in [9.17, 15) is 4.79 Å². The molecule has 2 nitrogen and oxygen atoms in total. The maximum absolute atomic E-state index is 10.8. The smallest absolute Gasteiger partial charge is 0.217 e. The molecule has 2 N–H and O–H groups in total. The van der Waals surface area contributed by atoms with Crippen molar-refractivity contribution in [3.63, 3.8) is 0 Å². The molecule has 1 amide bonds. The van der Waals surface area contributed by atoms with Crippen molar-refractivity contribution >= 4 is 5.91 Å². The molecule has 0 aliphatic heterocycles. The Labute approximate surface area is 139 Å². The zero-order valence-corrected chi connectivity index (χ0v) is 15.9. The van der Waals surface area contributed by atoms with Gasteiger partial charge >= 0.3 is 0 Å². The summed E-state index contributed by atoms with van der Waals surface area (Å²) in [6.45, 7) is 11.6. The van der Waals surface area contributed by atoms with Crippen molar-refractivity contribution in [2.24, 2.45) is 29.4 Å². The van der Waals surface area contributed by atoms with Gasteiger partial charge in [-0.25, -0.2) is 0 Å². The van der Waals surface area contributed by atoms with Crippen molar-refractivity contribution < 1.29 is 4.79 Å². The lowest BCUT2D eigenvalue weighted by atomic mass is 9.91. The van der Waals surface area contributed by atoms with Crippen molar-refractivity contribution in [1.82, 2.24) is 0 Å². The van der Waals surface area contributed by atoms with Crippen molar-refractivity contribution in [3.05, 3.63) is 0 Å². The van der Waals surface area contributed by atoms with Gasteiger partial charge in [0.1, 0.15) is 0 Å². The van der Waals surface area contributed by atoms with Crippen LogP contribution in [0.3, 0.4) is 0 Å². The van der Waals surface area contributed by atoms with Gasteiger partial charge in [0.15, 0.2) is 0 Å². The van der Waals surface area contributed by atoms with E-state index in [2.05, 4.69) is 34.6 Å². The molecule has 0 aromatic heterocycles. The Morgan fingerprint density at radius 3 is 1.41 bits per heavy atom. The molecule has 132 valence electrons. The predicted octanol–water partition coefficient (Wildman–Crippen LogP) is 5.94. The van der Waals surface area contributed by atoms with Crippen molar-refractivity contribution in [2.45, 2.75) is 98.8 Å². The Hall–Kier alpha value is -0.530. The fourth-order valence-corrected chi connectivity index (χ4v) is 3.24. The first-order chi connectivity index (χ1) is 10.3. The van der Waals surface area contributed by atoms with E-state index >= 15 is 0 Å². The second kappa shape index (κ2) is 13.0. The van der Waals surface area contributed by atoms with Crippen LogP contribution in [0.2, 0.25) is 0 Å². The number of carbonyl (C=O) groups excluding carboxylic acids is 1. The van der Waals surface area contributed by atoms with Crippen LogP contribution in [0.5, 0.6) is 0 Å². The molecular weight excluding hydrogens is 270 g/mol. The molecule has 3 atom stereocenters. The van der Waals surface area contributed by atoms with Gasteiger partial charge in [-0.1, -0.05) is 92.4 Å². The fourth-order valence-electron chi connectivity index (χ4n) is 3.24. The number of rotatable bonds is 14. The standard InChI is InChI=1S/C20H41NO/c1-16(2)9-6-10-17(3)11-7-12-18(4)13-8-14-19(5)15-20(21)22/h16-19H,6-15H2,1-5H3,(H2,21,22). The first kappa shape index (κ1) is 21.5. The van der Waals surface area contributed by atoms with Gasteiger partial charge in [0.25, 0.3) is 0 Å². The topological polar surface area (TPSA) is 43.1 Å². The molecular formula is C20H41NO. The molecule has 0 saturated heterocycles. The lowest BCUT2D eigenvalue weighted by Gasteiger charge is -2.16. The SMILES string of the molecule is CC(C)CCCC(C)CCCC(C)CCCC(C)CC(N)=O. The van der Waals surface area contributed by atoms with E-state index in [-0.39, 0.29) is 5.91 Å². The first-order valence-electron chi connectivity index (χ1n) is 9.59. The fraction of sp³-hybridized carbons (Fsp3) is 0.950. The summed E-state index contributed by atoms with van der Waals surface area (Å²) in [7, 11) is 0. The van der Waals surface area contributed by atoms with E-state index < -0.39 is 0 Å². The molecule has 3 unspecified atom stereocenters. The second-order valence-electron chi connectivity index (χ2n) is 8.17. The largest absolute Gasteiger partial charge is 0.370 e. The van der Waals surface area contributed by atoms with Crippen molar-refractivity contribution in [1.29, 1.82) is 0 Å². The highest BCUT2D eigenvalue weighted by Gasteiger charge is 2.09. The molecule has 0 aromatic carbocycles. The van der Waals surface area contributed by atoms with Crippen LogP contribution in [0.4, 0.5) is 0 Å². The quantitative estimate of drug-likeness (QED) is 0.424. The maximum atomic E-state index is 10.8. The summed E-state index contributed by atoms with van der Waals surface area (Å²) in [5.74, 6) is 2.85. The molecule has 0 radical (unpaired) electrons. The average Bonchev–Trinajstić information content (AvgIpc) is 2.37. The number of amides is 1. The highest BCUT2D eigenvalue weighted by molar-refractivity contribution is 5.73. The molecule has 22 heavy (non-hydrogen) atoms. The third-order valence-corrected chi connectivity index (χ3v) is 4.82. The number of nitrogens with two attached hydrogens (primary N) is 1. The lowest BCUT2D eigenvalue weighted by molar-refractivity contribution is -0.118. The molecule has 0 bridgehead atoms. The summed E-state index contributed by atoms with van der Waals surface area (Å²) in [4.78, 5) is 10.8. The highest BCUT2D eigenvalue weighted by Crippen LogP contribution is 2.22. The molecule has 0 spiro atoms. The molecule has 0 heterocycles. The van der Waals surface area contributed by atoms with Crippen LogP contribution in [0.15, 0.2) is 0 Å². The summed E-state index contributed by atoms with van der Waals surface area (Å²) in [6.07, 6.45) is 12.5. The number of hydrogen-bond donors (Lipinski definition) is 1. The van der Waals surface area contributed by atoms with Crippen LogP contribution in [0.1, 0.15) is 98.8 Å². The van der Waals surface area contributed by atoms with Crippen molar-refractivity contribution in [2.75, 3.05) is 0 Å². The van der Waals surface area contributed by atoms with Crippen molar-refractivity contribution in [3.8, 4) is 0 Å². The first-order valence-corrected chi connectivity index (χ1v) is 9.59. The van der Waals surface area contributed by atoms with Crippen LogP contribution < -0.4 is 5.73 Å². The second-order valence-corrected chi connectivity index (χ2v) is 8.17. The Morgan fingerprint density at radius 2 is 1.05 bits per heavy atom. The molecule has 0 aliphatic rings. The Balaban J connectivity index is 3.52. The van der Waals surface area contributed by atoms with E-state index in [1.165, 1.54) is 51.4 Å². The van der Waals surface area contributed by atoms with E-state index in [0.29, 0.717) is 12.3 Å². The highest BCUT2D eigenvalue weighted by atomic mass is 16.1. The molecule has 0 rings (SSSR count). The molecule has 0 aliphatic carbocycles. The van der Waals surface area contributed by atoms with Crippen LogP contribution in [0.25, 0.3) is 0 Å². The summed E-state index contributed by atoms with van der Waals surface area (Å²) in [5, 5.41) is 0. The monoisotopic (exact) mass is 311 g/mol. The van der Waals surface area contributed by atoms with E-state index in [0.717, 1.165) is 24.2 Å². The van der Waals surface area contributed by atoms with Gasteiger partial charge in [-0.2, -0.15) is 0 Å². The van der Waals surface area contributed by atoms with Gasteiger partial charge in [0.2, 0.25) is 5.91 Å². The van der Waals surface area contributed by atoms with E-state index in [4.69, 9.17) is 5.73 Å². The van der Waals surface area contributed by atoms with E-state index in [1.807, 2.05) is 0 Å². The van der Waals surface area contributed by atoms with Gasteiger partial charge in [-0.05, 0) is 23.7 Å². The average molecular weight is 312 g/mol. The summed E-state index contributed by atoms with van der Waals surface area (Å²) >= 11 is 0. The van der Waals surface area contributed by atoms with Crippen LogP contribution in [-0.2, 0) is 4.79 Å². The number of carbonyl (C=O) groups is 1. The Bertz CT molecular complexity index is 275. The van der Waals surface area contributed by atoms with Gasteiger partial charge in [0, 0.05) is 6.42 Å². The van der Waals surface area contributed by atoms with Crippen LogP contribution in [0, 0.1) is 23.7 Å². The Morgan fingerprint density at radius 1 is 0.682 bits per heavy atom. The third-order valence-electron chi connectivity index (χ3n) is 4.82. The zero-order chi connectivity index (χ0) is 17.0. The molecule has 0 saturated carbocycles. The Kier molecular flexibility index (Phi) is 12.6. The predicted molar refractivity (Wildman–Crippen MR) is 97.7 cm³/mol. The normalized spacial score (nSPS) is 15.7. The molecule has 0 fully saturated rings. The molecule has 2 heteroatoms. The number of hydrogen-bond acceptors (Lipinski definition) is 1. The zero-order valence-electron chi connectivity index (χ0n) is 15.9. The maximum Gasteiger partial charge on any atom is 0.217 e. The molecule has 0 aromatic rings. The van der Waals surface area contributed by atoms with Gasteiger partial charge in [-0.15, -0.1) is 0 Å². The minimum absolute atomic E-state index is 0.160. The summed E-state index contributed by atoms with van der Waals surface area (Å²) < 4.78 is 0. The minimum Gasteiger partial charge on any atom is -0.370 e. The van der Waals surface area contributed by atoms with Crippen LogP contribution >= 0.6 is 0 Å². The summed E-state index contributed by atoms with van der Waals surface area (Å²) in [5.41, 5.74) is 5.23. The van der Waals surface area contributed by atoms with Gasteiger partial charge in [-0.3, -0.25) is 4.79 Å².